The summed E-state index contributed by atoms with van der Waals surface area (Å²) in [6, 6.07) is 53.8. The highest BCUT2D eigenvalue weighted by Gasteiger charge is 2.46. The highest BCUT2D eigenvalue weighted by atomic mass is 32.1. The van der Waals surface area contributed by atoms with E-state index >= 15 is 0 Å². The number of hydrogen-bond acceptors (Lipinski definition) is 4. The van der Waals surface area contributed by atoms with Gasteiger partial charge in [-0.25, -0.2) is 9.97 Å². The van der Waals surface area contributed by atoms with Crippen LogP contribution < -0.4 is 0 Å². The molecule has 3 heterocycles. The molecule has 0 bridgehead atoms. The standard InChI is InChI=1S/C55H40N2OS/c1-54(2)43-20-9-7-16-35(43)40-31-46-41(30-45(40)54)39-28-33(22-24-44(39)55(46)26-11-4-12-27-55)34-23-25-48-42(29-34)36-18-13-19-38(52(36)59-48)50-51-49(37-17-8-10-21-47(37)58-51)56-53(57-50)32-14-5-3-6-15-32/h3,5-10,13-25,28-31H,4,11-12,26-27H2,1-2H3. The fourth-order valence-electron chi connectivity index (χ4n) is 11.2. The Labute approximate surface area is 347 Å². The molecule has 0 unspecified atom stereocenters. The number of nitrogens with zero attached hydrogens (tertiary/aromatic N) is 2. The quantitative estimate of drug-likeness (QED) is 0.179. The molecule has 0 atom stereocenters. The van der Waals surface area contributed by atoms with E-state index in [0.717, 1.165) is 38.9 Å². The van der Waals surface area contributed by atoms with Gasteiger partial charge in [-0.05, 0) is 111 Å². The lowest BCUT2D eigenvalue weighted by Crippen LogP contribution is -2.28. The number of benzene rings is 7. The predicted molar refractivity (Wildman–Crippen MR) is 245 cm³/mol. The molecule has 0 amide bonds. The predicted octanol–water partition coefficient (Wildman–Crippen LogP) is 15.3. The van der Waals surface area contributed by atoms with Crippen LogP contribution in [0.5, 0.6) is 0 Å². The minimum atomic E-state index is -0.0317. The van der Waals surface area contributed by atoms with Crippen molar-refractivity contribution in [2.75, 3.05) is 0 Å². The molecule has 3 aliphatic rings. The summed E-state index contributed by atoms with van der Waals surface area (Å²) in [5, 5.41) is 3.50. The zero-order valence-electron chi connectivity index (χ0n) is 33.1. The topological polar surface area (TPSA) is 38.9 Å². The van der Waals surface area contributed by atoms with Crippen LogP contribution in [-0.4, -0.2) is 9.97 Å². The molecule has 1 saturated carbocycles. The van der Waals surface area contributed by atoms with Crippen molar-refractivity contribution in [1.29, 1.82) is 0 Å². The second-order valence-electron chi connectivity index (χ2n) is 17.6. The van der Waals surface area contributed by atoms with Gasteiger partial charge in [0.15, 0.2) is 11.4 Å². The molecule has 0 saturated heterocycles. The van der Waals surface area contributed by atoms with Gasteiger partial charge in [0.05, 0.1) is 0 Å². The zero-order valence-corrected chi connectivity index (χ0v) is 33.9. The molecule has 0 N–H and O–H groups in total. The number of fused-ring (bicyclic) bond motifs is 14. The van der Waals surface area contributed by atoms with Gasteiger partial charge in [0.1, 0.15) is 16.8 Å². The van der Waals surface area contributed by atoms with Gasteiger partial charge in [0.25, 0.3) is 0 Å². The largest absolute Gasteiger partial charge is 0.452 e. The average molecular weight is 777 g/mol. The van der Waals surface area contributed by atoms with Gasteiger partial charge in [0, 0.05) is 47.5 Å². The Morgan fingerprint density at radius 1 is 0.508 bits per heavy atom. The van der Waals surface area contributed by atoms with Gasteiger partial charge in [-0.3, -0.25) is 0 Å². The normalized spacial score (nSPS) is 15.9. The van der Waals surface area contributed by atoms with Crippen molar-refractivity contribution in [2.24, 2.45) is 0 Å². The monoisotopic (exact) mass is 776 g/mol. The van der Waals surface area contributed by atoms with E-state index in [1.165, 1.54) is 102 Å². The van der Waals surface area contributed by atoms with Crippen molar-refractivity contribution in [3.05, 3.63) is 168 Å². The van der Waals surface area contributed by atoms with E-state index in [0.29, 0.717) is 5.82 Å². The van der Waals surface area contributed by atoms with Crippen LogP contribution >= 0.6 is 11.3 Å². The van der Waals surface area contributed by atoms with E-state index in [1.807, 2.05) is 47.7 Å². The van der Waals surface area contributed by atoms with E-state index in [1.54, 1.807) is 5.56 Å². The van der Waals surface area contributed by atoms with Gasteiger partial charge in [-0.15, -0.1) is 11.3 Å². The second kappa shape index (κ2) is 12.1. The third kappa shape index (κ3) is 4.64. The van der Waals surface area contributed by atoms with E-state index in [9.17, 15) is 0 Å². The summed E-state index contributed by atoms with van der Waals surface area (Å²) in [6.45, 7) is 4.82. The molecule has 3 aliphatic carbocycles. The van der Waals surface area contributed by atoms with Crippen LogP contribution in [0.2, 0.25) is 0 Å². The number of rotatable bonds is 3. The first-order valence-corrected chi connectivity index (χ1v) is 21.9. The summed E-state index contributed by atoms with van der Waals surface area (Å²) < 4.78 is 9.03. The van der Waals surface area contributed by atoms with Crippen LogP contribution in [0.25, 0.3) is 98.3 Å². The van der Waals surface area contributed by atoms with Gasteiger partial charge in [0.2, 0.25) is 0 Å². The lowest BCUT2D eigenvalue weighted by Gasteiger charge is -2.36. The summed E-state index contributed by atoms with van der Waals surface area (Å²) in [7, 11) is 0. The number of aromatic nitrogens is 2. The molecule has 3 nitrogen and oxygen atoms in total. The van der Waals surface area contributed by atoms with E-state index in [-0.39, 0.29) is 10.8 Å². The first-order chi connectivity index (χ1) is 29.0. The van der Waals surface area contributed by atoms with Gasteiger partial charge in [-0.1, -0.05) is 136 Å². The SMILES string of the molecule is CC1(C)c2ccccc2-c2cc3c(cc21)-c1cc(-c2ccc4sc5c(-c6nc(-c7ccccc7)nc7c6oc6ccccc67)cccc5c4c2)ccc1C31CCCCC1. The van der Waals surface area contributed by atoms with Crippen molar-refractivity contribution in [3.8, 4) is 56.0 Å². The number of hydrogen-bond donors (Lipinski definition) is 0. The minimum Gasteiger partial charge on any atom is -0.452 e. The Bertz CT molecular complexity index is 3400. The number of para-hydroxylation sites is 1. The molecular formula is C55H40N2OS. The van der Waals surface area contributed by atoms with Crippen molar-refractivity contribution >= 4 is 53.6 Å². The van der Waals surface area contributed by atoms with Crippen molar-refractivity contribution in [1.82, 2.24) is 9.97 Å². The molecule has 3 aromatic heterocycles. The van der Waals surface area contributed by atoms with Crippen LogP contribution in [0, 0.1) is 0 Å². The first-order valence-electron chi connectivity index (χ1n) is 21.1. The molecular weight excluding hydrogens is 737 g/mol. The second-order valence-corrected chi connectivity index (χ2v) is 18.6. The molecule has 0 radical (unpaired) electrons. The summed E-state index contributed by atoms with van der Waals surface area (Å²) in [5.41, 5.74) is 19.6. The molecule has 282 valence electrons. The molecule has 13 rings (SSSR count). The molecule has 1 spiro atoms. The maximum atomic E-state index is 6.56. The molecule has 59 heavy (non-hydrogen) atoms. The Morgan fingerprint density at radius 2 is 1.22 bits per heavy atom. The Hall–Kier alpha value is -6.36. The fraction of sp³-hybridized carbons (Fsp3) is 0.164. The van der Waals surface area contributed by atoms with Crippen LogP contribution in [0.4, 0.5) is 0 Å². The summed E-state index contributed by atoms with van der Waals surface area (Å²) in [4.78, 5) is 10.3. The maximum Gasteiger partial charge on any atom is 0.180 e. The van der Waals surface area contributed by atoms with Gasteiger partial charge in [-0.2, -0.15) is 0 Å². The van der Waals surface area contributed by atoms with Crippen molar-refractivity contribution in [2.45, 2.75) is 56.8 Å². The summed E-state index contributed by atoms with van der Waals surface area (Å²) in [6.07, 6.45) is 6.36. The van der Waals surface area contributed by atoms with Crippen LogP contribution in [0.15, 0.2) is 150 Å². The third-order valence-corrected chi connectivity index (χ3v) is 15.3. The van der Waals surface area contributed by atoms with Crippen LogP contribution in [0.1, 0.15) is 68.2 Å². The third-order valence-electron chi connectivity index (χ3n) is 14.1. The van der Waals surface area contributed by atoms with E-state index in [4.69, 9.17) is 14.4 Å². The highest BCUT2D eigenvalue weighted by molar-refractivity contribution is 7.26. The first kappa shape index (κ1) is 33.6. The molecule has 10 aromatic rings. The smallest absolute Gasteiger partial charge is 0.180 e. The Balaban J connectivity index is 0.972. The Morgan fingerprint density at radius 3 is 2.12 bits per heavy atom. The van der Waals surface area contributed by atoms with Crippen LogP contribution in [-0.2, 0) is 10.8 Å². The van der Waals surface area contributed by atoms with Gasteiger partial charge < -0.3 is 4.42 Å². The lowest BCUT2D eigenvalue weighted by atomic mass is 9.67. The van der Waals surface area contributed by atoms with Crippen molar-refractivity contribution in [3.63, 3.8) is 0 Å². The fourth-order valence-corrected chi connectivity index (χ4v) is 12.4. The van der Waals surface area contributed by atoms with Gasteiger partial charge >= 0.3 is 0 Å². The summed E-state index contributed by atoms with van der Waals surface area (Å²) in [5.74, 6) is 0.700. The number of thiophene rings is 1. The molecule has 1 fully saturated rings. The highest BCUT2D eigenvalue weighted by Crippen LogP contribution is 2.60. The molecule has 4 heteroatoms. The van der Waals surface area contributed by atoms with E-state index < -0.39 is 0 Å². The van der Waals surface area contributed by atoms with Crippen molar-refractivity contribution < 1.29 is 4.42 Å². The van der Waals surface area contributed by atoms with Crippen LogP contribution in [0.3, 0.4) is 0 Å². The Kier molecular flexibility index (Phi) is 6.89. The maximum absolute atomic E-state index is 6.56. The minimum absolute atomic E-state index is 0.0317. The van der Waals surface area contributed by atoms with E-state index in [2.05, 4.69) is 123 Å². The lowest BCUT2D eigenvalue weighted by molar-refractivity contribution is 0.353. The summed E-state index contributed by atoms with van der Waals surface area (Å²) >= 11 is 1.83. The number of furan rings is 1. The average Bonchev–Trinajstić information content (AvgIpc) is 3.99. The molecule has 0 aliphatic heterocycles. The molecule has 7 aromatic carbocycles. The zero-order chi connectivity index (χ0) is 39.0.